The van der Waals surface area contributed by atoms with Crippen molar-refractivity contribution in [2.24, 2.45) is 5.92 Å². The molecule has 1 unspecified atom stereocenters. The Labute approximate surface area is 139 Å². The van der Waals surface area contributed by atoms with Crippen molar-refractivity contribution < 1.29 is 5.11 Å². The first-order chi connectivity index (χ1) is 10.6. The first kappa shape index (κ1) is 17.9. The van der Waals surface area contributed by atoms with E-state index in [1.54, 1.807) is 11.3 Å². The number of likely N-dealkylation sites (tertiary alicyclic amines) is 1. The zero-order chi connectivity index (χ0) is 15.9. The normalized spacial score (nSPS) is 19.0. The van der Waals surface area contributed by atoms with E-state index in [2.05, 4.69) is 29.2 Å². The van der Waals surface area contributed by atoms with Gasteiger partial charge in [0.15, 0.2) is 0 Å². The number of hydrogen-bond acceptors (Lipinski definition) is 5. The average molecular weight is 326 g/mol. The van der Waals surface area contributed by atoms with Gasteiger partial charge in [-0.05, 0) is 58.7 Å². The molecule has 1 aliphatic heterocycles. The van der Waals surface area contributed by atoms with E-state index >= 15 is 0 Å². The Morgan fingerprint density at radius 3 is 2.82 bits per heavy atom. The number of aliphatic hydroxyl groups is 1. The zero-order valence-electron chi connectivity index (χ0n) is 14.3. The summed E-state index contributed by atoms with van der Waals surface area (Å²) in [6, 6.07) is 0. The number of aliphatic hydroxyl groups excluding tert-OH is 1. The Balaban J connectivity index is 1.70. The van der Waals surface area contributed by atoms with E-state index in [0.29, 0.717) is 0 Å². The van der Waals surface area contributed by atoms with Crippen molar-refractivity contribution >= 4 is 11.3 Å². The molecule has 5 heteroatoms. The molecule has 0 aliphatic carbocycles. The number of aryl methyl sites for hydroxylation is 1. The molecule has 0 radical (unpaired) electrons. The number of thiazole rings is 1. The molecular weight excluding hydrogens is 294 g/mol. The minimum atomic E-state index is -0.207. The summed E-state index contributed by atoms with van der Waals surface area (Å²) in [5, 5.41) is 13.0. The van der Waals surface area contributed by atoms with E-state index in [1.165, 1.54) is 30.0 Å². The molecule has 1 saturated heterocycles. The van der Waals surface area contributed by atoms with Gasteiger partial charge in [0.25, 0.3) is 0 Å². The van der Waals surface area contributed by atoms with Gasteiger partial charge in [-0.1, -0.05) is 6.92 Å². The van der Waals surface area contributed by atoms with Crippen LogP contribution in [-0.2, 0) is 13.0 Å². The second-order valence-corrected chi connectivity index (χ2v) is 7.71. The van der Waals surface area contributed by atoms with Crippen molar-refractivity contribution in [2.45, 2.75) is 52.2 Å². The van der Waals surface area contributed by atoms with Crippen LogP contribution in [-0.4, -0.2) is 59.2 Å². The zero-order valence-corrected chi connectivity index (χ0v) is 15.1. The summed E-state index contributed by atoms with van der Waals surface area (Å²) in [7, 11) is 2.21. The van der Waals surface area contributed by atoms with Gasteiger partial charge in [0, 0.05) is 25.0 Å². The second-order valence-electron chi connectivity index (χ2n) is 6.77. The lowest BCUT2D eigenvalue weighted by atomic mass is 9.96. The number of hydrogen-bond donors (Lipinski definition) is 1. The van der Waals surface area contributed by atoms with Crippen LogP contribution in [0.15, 0.2) is 5.38 Å². The molecule has 1 atom stereocenters. The minimum absolute atomic E-state index is 0.207. The lowest BCUT2D eigenvalue weighted by Gasteiger charge is -2.34. The van der Waals surface area contributed by atoms with Gasteiger partial charge >= 0.3 is 0 Å². The molecule has 0 aromatic carbocycles. The lowest BCUT2D eigenvalue weighted by Crippen LogP contribution is -2.40. The highest BCUT2D eigenvalue weighted by Crippen LogP contribution is 2.19. The number of nitrogens with zero attached hydrogens (tertiary/aromatic N) is 3. The molecule has 4 nitrogen and oxygen atoms in total. The maximum atomic E-state index is 9.46. The van der Waals surface area contributed by atoms with Gasteiger partial charge in [0.1, 0.15) is 0 Å². The Bertz CT molecular complexity index is 427. The first-order valence-electron chi connectivity index (χ1n) is 8.59. The third-order valence-corrected chi connectivity index (χ3v) is 5.25. The number of piperidine rings is 1. The van der Waals surface area contributed by atoms with Crippen molar-refractivity contribution in [3.05, 3.63) is 16.1 Å². The molecule has 1 aromatic rings. The SMILES string of the molecule is CCCc1nc(CN(C)CC2CCN(CC(C)O)CC2)cs1. The van der Waals surface area contributed by atoms with Crippen LogP contribution in [0.2, 0.25) is 0 Å². The Morgan fingerprint density at radius 2 is 2.18 bits per heavy atom. The van der Waals surface area contributed by atoms with Crippen LogP contribution in [0, 0.1) is 5.92 Å². The molecule has 0 amide bonds. The third-order valence-electron chi connectivity index (χ3n) is 4.29. The van der Waals surface area contributed by atoms with Crippen molar-refractivity contribution in [2.75, 3.05) is 33.2 Å². The summed E-state index contributed by atoms with van der Waals surface area (Å²) >= 11 is 1.80. The van der Waals surface area contributed by atoms with Crippen molar-refractivity contribution in [3.8, 4) is 0 Å². The summed E-state index contributed by atoms with van der Waals surface area (Å²) in [5.41, 5.74) is 1.22. The van der Waals surface area contributed by atoms with Gasteiger partial charge in [-0.3, -0.25) is 0 Å². The molecule has 1 N–H and O–H groups in total. The molecule has 2 heterocycles. The summed E-state index contributed by atoms with van der Waals surface area (Å²) < 4.78 is 0. The highest BCUT2D eigenvalue weighted by atomic mass is 32.1. The predicted octanol–water partition coefficient (Wildman–Crippen LogP) is 2.62. The minimum Gasteiger partial charge on any atom is -0.392 e. The van der Waals surface area contributed by atoms with Gasteiger partial charge in [-0.25, -0.2) is 4.98 Å². The average Bonchev–Trinajstić information content (AvgIpc) is 2.88. The fraction of sp³-hybridized carbons (Fsp3) is 0.824. The maximum Gasteiger partial charge on any atom is 0.0928 e. The van der Waals surface area contributed by atoms with Crippen molar-refractivity contribution in [1.82, 2.24) is 14.8 Å². The molecule has 1 aliphatic rings. The highest BCUT2D eigenvalue weighted by molar-refractivity contribution is 7.09. The molecule has 1 fully saturated rings. The van der Waals surface area contributed by atoms with E-state index in [9.17, 15) is 5.11 Å². The van der Waals surface area contributed by atoms with Crippen LogP contribution in [0.5, 0.6) is 0 Å². The van der Waals surface area contributed by atoms with Crippen molar-refractivity contribution in [3.63, 3.8) is 0 Å². The van der Waals surface area contributed by atoms with Crippen LogP contribution in [0.1, 0.15) is 43.8 Å². The molecule has 22 heavy (non-hydrogen) atoms. The van der Waals surface area contributed by atoms with Crippen LogP contribution in [0.4, 0.5) is 0 Å². The molecule has 1 aromatic heterocycles. The first-order valence-corrected chi connectivity index (χ1v) is 9.47. The van der Waals surface area contributed by atoms with Gasteiger partial charge in [-0.2, -0.15) is 0 Å². The van der Waals surface area contributed by atoms with Gasteiger partial charge in [0.05, 0.1) is 16.8 Å². The number of rotatable bonds is 8. The Kier molecular flexibility index (Phi) is 7.28. The van der Waals surface area contributed by atoms with E-state index in [0.717, 1.165) is 45.1 Å². The smallest absolute Gasteiger partial charge is 0.0928 e. The Morgan fingerprint density at radius 1 is 1.45 bits per heavy atom. The van der Waals surface area contributed by atoms with Crippen molar-refractivity contribution in [1.29, 1.82) is 0 Å². The van der Waals surface area contributed by atoms with Gasteiger partial charge in [0.2, 0.25) is 0 Å². The number of β-amino-alcohol motifs (C(OH)–C–C–N with tert-alkyl or cyclic N) is 1. The molecule has 126 valence electrons. The third kappa shape index (κ3) is 5.95. The Hall–Kier alpha value is -0.490. The molecule has 2 rings (SSSR count). The molecular formula is C17H31N3OS. The van der Waals surface area contributed by atoms with Crippen LogP contribution < -0.4 is 0 Å². The number of aromatic nitrogens is 1. The monoisotopic (exact) mass is 325 g/mol. The molecule has 0 spiro atoms. The van der Waals surface area contributed by atoms with Crippen LogP contribution in [0.25, 0.3) is 0 Å². The summed E-state index contributed by atoms with van der Waals surface area (Å²) in [6.45, 7) is 9.28. The quantitative estimate of drug-likeness (QED) is 0.797. The van der Waals surface area contributed by atoms with Crippen LogP contribution >= 0.6 is 11.3 Å². The predicted molar refractivity (Wildman–Crippen MR) is 93.3 cm³/mol. The lowest BCUT2D eigenvalue weighted by molar-refractivity contribution is 0.0918. The van der Waals surface area contributed by atoms with Crippen LogP contribution in [0.3, 0.4) is 0 Å². The molecule has 0 saturated carbocycles. The van der Waals surface area contributed by atoms with E-state index < -0.39 is 0 Å². The summed E-state index contributed by atoms with van der Waals surface area (Å²) in [5.74, 6) is 0.781. The van der Waals surface area contributed by atoms with Gasteiger partial charge in [-0.15, -0.1) is 11.3 Å². The molecule has 0 bridgehead atoms. The highest BCUT2D eigenvalue weighted by Gasteiger charge is 2.21. The van der Waals surface area contributed by atoms with E-state index in [-0.39, 0.29) is 6.10 Å². The standard InChI is InChI=1S/C17H31N3OS/c1-4-5-17-18-16(13-22-17)12-19(3)11-15-6-8-20(9-7-15)10-14(2)21/h13-15,21H,4-12H2,1-3H3. The topological polar surface area (TPSA) is 39.6 Å². The summed E-state index contributed by atoms with van der Waals surface area (Å²) in [4.78, 5) is 9.52. The summed E-state index contributed by atoms with van der Waals surface area (Å²) in [6.07, 6.45) is 4.56. The maximum absolute atomic E-state index is 9.46. The van der Waals surface area contributed by atoms with Gasteiger partial charge < -0.3 is 14.9 Å². The fourth-order valence-corrected chi connectivity index (χ4v) is 4.15. The fourth-order valence-electron chi connectivity index (χ4n) is 3.26. The van der Waals surface area contributed by atoms with E-state index in [1.807, 2.05) is 6.92 Å². The van der Waals surface area contributed by atoms with E-state index in [4.69, 9.17) is 4.98 Å². The second kappa shape index (κ2) is 8.96. The largest absolute Gasteiger partial charge is 0.392 e.